The van der Waals surface area contributed by atoms with Gasteiger partial charge >= 0.3 is 0 Å². The number of anilines is 1. The van der Waals surface area contributed by atoms with Gasteiger partial charge in [-0.2, -0.15) is 5.26 Å². The molecule has 0 atom stereocenters. The molecule has 0 unspecified atom stereocenters. The van der Waals surface area contributed by atoms with Gasteiger partial charge in [-0.15, -0.1) is 0 Å². The summed E-state index contributed by atoms with van der Waals surface area (Å²) in [5.74, 6) is -0.462. The fourth-order valence-corrected chi connectivity index (χ4v) is 1.30. The van der Waals surface area contributed by atoms with E-state index in [1.54, 1.807) is 30.3 Å². The number of hydrogen-bond acceptors (Lipinski definition) is 3. The van der Waals surface area contributed by atoms with Crippen molar-refractivity contribution in [2.75, 3.05) is 5.32 Å². The Kier molecular flexibility index (Phi) is 5.20. The zero-order chi connectivity index (χ0) is 12.7. The van der Waals surface area contributed by atoms with Crippen molar-refractivity contribution in [3.05, 3.63) is 29.3 Å². The Morgan fingerprint density at radius 1 is 1.41 bits per heavy atom. The van der Waals surface area contributed by atoms with Crippen LogP contribution >= 0.6 is 23.8 Å². The summed E-state index contributed by atoms with van der Waals surface area (Å²) in [7, 11) is 0. The van der Waals surface area contributed by atoms with Crippen molar-refractivity contribution in [3.8, 4) is 6.07 Å². The number of rotatable bonds is 2. The zero-order valence-corrected chi connectivity index (χ0v) is 10.2. The van der Waals surface area contributed by atoms with Crippen LogP contribution in [-0.2, 0) is 4.79 Å². The minimum absolute atomic E-state index is 0.185. The molecule has 1 aromatic rings. The van der Waals surface area contributed by atoms with Gasteiger partial charge in [0.05, 0.1) is 16.8 Å². The molecule has 0 radical (unpaired) electrons. The highest BCUT2D eigenvalue weighted by atomic mass is 35.5. The first-order valence-corrected chi connectivity index (χ1v) is 5.39. The summed E-state index contributed by atoms with van der Waals surface area (Å²) in [6.07, 6.45) is -0.234. The van der Waals surface area contributed by atoms with E-state index in [4.69, 9.17) is 29.1 Å². The number of benzene rings is 1. The number of amides is 1. The van der Waals surface area contributed by atoms with Crippen LogP contribution in [0.2, 0.25) is 5.02 Å². The van der Waals surface area contributed by atoms with Crippen molar-refractivity contribution >= 4 is 40.5 Å². The number of nitrogens with zero attached hydrogens (tertiary/aromatic N) is 1. The number of hydrazine groups is 1. The van der Waals surface area contributed by atoms with Crippen molar-refractivity contribution in [2.45, 2.75) is 6.42 Å². The Balaban J connectivity index is 2.43. The number of nitrogens with one attached hydrogen (secondary N) is 3. The minimum Gasteiger partial charge on any atom is -0.330 e. The summed E-state index contributed by atoms with van der Waals surface area (Å²) in [5.41, 5.74) is 5.34. The highest BCUT2D eigenvalue weighted by molar-refractivity contribution is 7.80. The molecule has 0 aromatic heterocycles. The number of halogens is 1. The summed E-state index contributed by atoms with van der Waals surface area (Å²) in [6, 6.07) is 8.75. The van der Waals surface area contributed by atoms with Gasteiger partial charge in [0.15, 0.2) is 5.11 Å². The second-order valence-electron chi connectivity index (χ2n) is 2.94. The lowest BCUT2D eigenvalue weighted by Gasteiger charge is -2.11. The molecular weight excluding hydrogens is 260 g/mol. The zero-order valence-electron chi connectivity index (χ0n) is 8.66. The van der Waals surface area contributed by atoms with Gasteiger partial charge in [-0.1, -0.05) is 23.7 Å². The monoisotopic (exact) mass is 268 g/mol. The van der Waals surface area contributed by atoms with Crippen LogP contribution in [-0.4, -0.2) is 11.0 Å². The van der Waals surface area contributed by atoms with Crippen molar-refractivity contribution in [1.29, 1.82) is 5.26 Å². The molecule has 0 saturated heterocycles. The third-order valence-electron chi connectivity index (χ3n) is 1.68. The molecule has 1 amide bonds. The normalized spacial score (nSPS) is 8.94. The predicted octanol–water partition coefficient (Wildman–Crippen LogP) is 1.57. The Labute approximate surface area is 109 Å². The smallest absolute Gasteiger partial charge is 0.252 e. The summed E-state index contributed by atoms with van der Waals surface area (Å²) >= 11 is 10.8. The molecule has 0 fully saturated rings. The largest absolute Gasteiger partial charge is 0.330 e. The highest BCUT2D eigenvalue weighted by Crippen LogP contribution is 2.19. The number of nitriles is 1. The molecule has 0 aliphatic carbocycles. The SMILES string of the molecule is N#CCC(=O)NNC(=S)Nc1ccccc1Cl. The van der Waals surface area contributed by atoms with Gasteiger partial charge in [-0.05, 0) is 24.4 Å². The number of thiocarbonyl (C=S) groups is 1. The number of carbonyl (C=O) groups is 1. The molecule has 5 nitrogen and oxygen atoms in total. The predicted molar refractivity (Wildman–Crippen MR) is 69.2 cm³/mol. The quantitative estimate of drug-likeness (QED) is 0.561. The van der Waals surface area contributed by atoms with E-state index in [1.165, 1.54) is 0 Å². The van der Waals surface area contributed by atoms with E-state index in [1.807, 2.05) is 0 Å². The molecule has 0 aliphatic heterocycles. The van der Waals surface area contributed by atoms with Crippen LogP contribution in [0.1, 0.15) is 6.42 Å². The maximum Gasteiger partial charge on any atom is 0.252 e. The molecule has 1 rings (SSSR count). The third-order valence-corrected chi connectivity index (χ3v) is 2.21. The van der Waals surface area contributed by atoms with E-state index in [-0.39, 0.29) is 11.5 Å². The average molecular weight is 269 g/mol. The van der Waals surface area contributed by atoms with E-state index >= 15 is 0 Å². The maximum absolute atomic E-state index is 11.0. The molecule has 3 N–H and O–H groups in total. The minimum atomic E-state index is -0.462. The third kappa shape index (κ3) is 4.68. The average Bonchev–Trinajstić information content (AvgIpc) is 2.30. The molecule has 0 saturated carbocycles. The molecule has 17 heavy (non-hydrogen) atoms. The molecule has 0 aliphatic rings. The van der Waals surface area contributed by atoms with E-state index in [0.717, 1.165) is 0 Å². The van der Waals surface area contributed by atoms with Crippen LogP contribution in [0.4, 0.5) is 5.69 Å². The Bertz CT molecular complexity index is 472. The fraction of sp³-hybridized carbons (Fsp3) is 0.100. The Morgan fingerprint density at radius 2 is 2.12 bits per heavy atom. The lowest BCUT2D eigenvalue weighted by atomic mass is 10.3. The summed E-state index contributed by atoms with van der Waals surface area (Å²) in [5, 5.41) is 11.8. The summed E-state index contributed by atoms with van der Waals surface area (Å²) in [6.45, 7) is 0. The van der Waals surface area contributed by atoms with Crippen molar-refractivity contribution in [2.24, 2.45) is 0 Å². The summed E-state index contributed by atoms with van der Waals surface area (Å²) < 4.78 is 0. The molecule has 0 bridgehead atoms. The standard InChI is InChI=1S/C10H9ClN4OS/c11-7-3-1-2-4-8(7)13-10(17)15-14-9(16)5-6-12/h1-4H,5H2,(H,14,16)(H2,13,15,17). The van der Waals surface area contributed by atoms with Crippen LogP contribution in [0.3, 0.4) is 0 Å². The molecule has 88 valence electrons. The first-order chi connectivity index (χ1) is 8.13. The molecule has 7 heteroatoms. The number of para-hydroxylation sites is 1. The lowest BCUT2D eigenvalue weighted by Crippen LogP contribution is -2.43. The molecule has 1 aromatic carbocycles. The lowest BCUT2D eigenvalue weighted by molar-refractivity contribution is -0.120. The van der Waals surface area contributed by atoms with Gasteiger partial charge < -0.3 is 5.32 Å². The van der Waals surface area contributed by atoms with Gasteiger partial charge in [0.2, 0.25) is 0 Å². The second kappa shape index (κ2) is 6.68. The van der Waals surface area contributed by atoms with E-state index < -0.39 is 5.91 Å². The molecular formula is C10H9ClN4OS. The summed E-state index contributed by atoms with van der Waals surface area (Å²) in [4.78, 5) is 11.0. The fourth-order valence-electron chi connectivity index (χ4n) is 0.959. The van der Waals surface area contributed by atoms with E-state index in [2.05, 4.69) is 16.2 Å². The Hall–Kier alpha value is -1.84. The van der Waals surface area contributed by atoms with Crippen molar-refractivity contribution in [3.63, 3.8) is 0 Å². The number of hydrogen-bond donors (Lipinski definition) is 3. The van der Waals surface area contributed by atoms with Crippen LogP contribution in [0.5, 0.6) is 0 Å². The van der Waals surface area contributed by atoms with Gasteiger partial charge in [0.25, 0.3) is 5.91 Å². The van der Waals surface area contributed by atoms with Crippen LogP contribution in [0.25, 0.3) is 0 Å². The maximum atomic E-state index is 11.0. The first kappa shape index (κ1) is 13.2. The van der Waals surface area contributed by atoms with Crippen LogP contribution in [0, 0.1) is 11.3 Å². The Morgan fingerprint density at radius 3 is 2.76 bits per heavy atom. The van der Waals surface area contributed by atoms with Crippen molar-refractivity contribution < 1.29 is 4.79 Å². The second-order valence-corrected chi connectivity index (χ2v) is 3.76. The van der Waals surface area contributed by atoms with Gasteiger partial charge in [-0.3, -0.25) is 15.6 Å². The van der Waals surface area contributed by atoms with Gasteiger partial charge in [0, 0.05) is 0 Å². The van der Waals surface area contributed by atoms with Crippen LogP contribution < -0.4 is 16.2 Å². The number of carbonyl (C=O) groups excluding carboxylic acids is 1. The first-order valence-electron chi connectivity index (χ1n) is 4.61. The topological polar surface area (TPSA) is 77.0 Å². The highest BCUT2D eigenvalue weighted by Gasteiger charge is 2.03. The van der Waals surface area contributed by atoms with Gasteiger partial charge in [0.1, 0.15) is 6.42 Å². The van der Waals surface area contributed by atoms with Gasteiger partial charge in [-0.25, -0.2) is 0 Å². The van der Waals surface area contributed by atoms with E-state index in [9.17, 15) is 4.79 Å². The van der Waals surface area contributed by atoms with Crippen molar-refractivity contribution in [1.82, 2.24) is 10.9 Å². The molecule has 0 spiro atoms. The molecule has 0 heterocycles. The van der Waals surface area contributed by atoms with E-state index in [0.29, 0.717) is 10.7 Å². The van der Waals surface area contributed by atoms with Crippen LogP contribution in [0.15, 0.2) is 24.3 Å².